The highest BCUT2D eigenvalue weighted by Crippen LogP contribution is 2.28. The SMILES string of the molecule is COCC(=O)Nc1cc(N/C(=C/C(=O)OC)C(=O)OC)ccc1OC. The number of hydrogen-bond acceptors (Lipinski definition) is 8. The fourth-order valence-corrected chi connectivity index (χ4v) is 1.79. The second-order valence-corrected chi connectivity index (χ2v) is 4.59. The van der Waals surface area contributed by atoms with Gasteiger partial charge in [0.15, 0.2) is 0 Å². The van der Waals surface area contributed by atoms with Gasteiger partial charge >= 0.3 is 11.9 Å². The molecule has 1 aromatic carbocycles. The number of nitrogens with one attached hydrogen (secondary N) is 2. The Morgan fingerprint density at radius 1 is 1.04 bits per heavy atom. The van der Waals surface area contributed by atoms with E-state index >= 15 is 0 Å². The molecule has 9 nitrogen and oxygen atoms in total. The number of carbonyl (C=O) groups excluding carboxylic acids is 3. The van der Waals surface area contributed by atoms with Crippen LogP contribution in [0.5, 0.6) is 5.75 Å². The van der Waals surface area contributed by atoms with Crippen LogP contribution in [0.25, 0.3) is 0 Å². The van der Waals surface area contributed by atoms with Crippen molar-refractivity contribution in [2.45, 2.75) is 0 Å². The van der Waals surface area contributed by atoms with E-state index < -0.39 is 11.9 Å². The van der Waals surface area contributed by atoms with E-state index in [1.54, 1.807) is 12.1 Å². The van der Waals surface area contributed by atoms with E-state index in [1.165, 1.54) is 34.5 Å². The Morgan fingerprint density at radius 3 is 2.32 bits per heavy atom. The standard InChI is InChI=1S/C16H20N2O7/c1-22-9-14(19)18-11-7-10(5-6-13(11)23-2)17-12(16(21)25-4)8-15(20)24-3/h5-8,17H,9H2,1-4H3,(H,18,19)/b12-8+. The van der Waals surface area contributed by atoms with Crippen molar-refractivity contribution in [3.8, 4) is 5.75 Å². The van der Waals surface area contributed by atoms with Gasteiger partial charge in [0, 0.05) is 12.8 Å². The molecule has 0 heterocycles. The van der Waals surface area contributed by atoms with E-state index in [1.807, 2.05) is 0 Å². The van der Waals surface area contributed by atoms with Crippen molar-refractivity contribution in [1.82, 2.24) is 0 Å². The molecule has 0 aliphatic carbocycles. The number of methoxy groups -OCH3 is 4. The minimum absolute atomic E-state index is 0.129. The van der Waals surface area contributed by atoms with Gasteiger partial charge in [-0.05, 0) is 18.2 Å². The zero-order chi connectivity index (χ0) is 18.8. The summed E-state index contributed by atoms with van der Waals surface area (Å²) in [5.41, 5.74) is 0.639. The van der Waals surface area contributed by atoms with Gasteiger partial charge in [-0.3, -0.25) is 4.79 Å². The Balaban J connectivity index is 3.10. The van der Waals surface area contributed by atoms with E-state index in [4.69, 9.17) is 9.47 Å². The Bertz CT molecular complexity index is 670. The summed E-state index contributed by atoms with van der Waals surface area (Å²) in [6.07, 6.45) is 0.958. The number of carbonyl (C=O) groups is 3. The van der Waals surface area contributed by atoms with Crippen molar-refractivity contribution >= 4 is 29.2 Å². The van der Waals surface area contributed by atoms with Crippen molar-refractivity contribution < 1.29 is 33.3 Å². The number of hydrogen-bond donors (Lipinski definition) is 2. The van der Waals surface area contributed by atoms with Crippen LogP contribution in [0.15, 0.2) is 30.0 Å². The largest absolute Gasteiger partial charge is 0.495 e. The fourth-order valence-electron chi connectivity index (χ4n) is 1.79. The molecule has 0 saturated heterocycles. The molecule has 0 saturated carbocycles. The number of benzene rings is 1. The first kappa shape index (κ1) is 20.0. The van der Waals surface area contributed by atoms with Crippen LogP contribution in [-0.4, -0.2) is 52.9 Å². The number of rotatable bonds is 8. The van der Waals surface area contributed by atoms with Gasteiger partial charge in [-0.2, -0.15) is 0 Å². The number of ether oxygens (including phenoxy) is 4. The average Bonchev–Trinajstić information content (AvgIpc) is 2.60. The molecular formula is C16H20N2O7. The molecule has 2 N–H and O–H groups in total. The van der Waals surface area contributed by atoms with Crippen LogP contribution in [0, 0.1) is 0 Å². The fraction of sp³-hybridized carbons (Fsp3) is 0.312. The Morgan fingerprint density at radius 2 is 1.76 bits per heavy atom. The van der Waals surface area contributed by atoms with Crippen molar-refractivity contribution in [2.75, 3.05) is 45.7 Å². The lowest BCUT2D eigenvalue weighted by Crippen LogP contribution is -2.18. The van der Waals surface area contributed by atoms with Gasteiger partial charge in [-0.1, -0.05) is 0 Å². The third kappa shape index (κ3) is 6.15. The quantitative estimate of drug-likeness (QED) is 0.525. The summed E-state index contributed by atoms with van der Waals surface area (Å²) in [5.74, 6) is -1.45. The summed E-state index contributed by atoms with van der Waals surface area (Å²) >= 11 is 0. The number of esters is 2. The molecule has 0 atom stereocenters. The first-order valence-corrected chi connectivity index (χ1v) is 7.07. The van der Waals surface area contributed by atoms with Gasteiger partial charge in [0.1, 0.15) is 18.1 Å². The number of amides is 1. The smallest absolute Gasteiger partial charge is 0.354 e. The predicted molar refractivity (Wildman–Crippen MR) is 89.2 cm³/mol. The van der Waals surface area contributed by atoms with Gasteiger partial charge in [-0.25, -0.2) is 9.59 Å². The van der Waals surface area contributed by atoms with E-state index in [0.29, 0.717) is 17.1 Å². The first-order chi connectivity index (χ1) is 11.9. The van der Waals surface area contributed by atoms with Crippen LogP contribution in [-0.2, 0) is 28.6 Å². The molecule has 0 fully saturated rings. The van der Waals surface area contributed by atoms with Gasteiger partial charge in [0.2, 0.25) is 5.91 Å². The molecule has 1 amide bonds. The van der Waals surface area contributed by atoms with E-state index in [-0.39, 0.29) is 18.2 Å². The first-order valence-electron chi connectivity index (χ1n) is 7.07. The molecule has 0 unspecified atom stereocenters. The zero-order valence-electron chi connectivity index (χ0n) is 14.4. The maximum absolute atomic E-state index is 11.8. The monoisotopic (exact) mass is 352 g/mol. The molecule has 0 bridgehead atoms. The van der Waals surface area contributed by atoms with Crippen LogP contribution < -0.4 is 15.4 Å². The lowest BCUT2D eigenvalue weighted by molar-refractivity contribution is -0.138. The molecule has 136 valence electrons. The van der Waals surface area contributed by atoms with Crippen molar-refractivity contribution in [2.24, 2.45) is 0 Å². The van der Waals surface area contributed by atoms with Crippen LogP contribution in [0.3, 0.4) is 0 Å². The second-order valence-electron chi connectivity index (χ2n) is 4.59. The Hall–Kier alpha value is -3.07. The molecule has 0 spiro atoms. The second kappa shape index (κ2) is 9.93. The third-order valence-electron chi connectivity index (χ3n) is 2.90. The van der Waals surface area contributed by atoms with Crippen LogP contribution >= 0.6 is 0 Å². The van der Waals surface area contributed by atoms with Crippen molar-refractivity contribution in [3.05, 3.63) is 30.0 Å². The minimum atomic E-state index is -0.758. The van der Waals surface area contributed by atoms with E-state index in [0.717, 1.165) is 6.08 Å². The van der Waals surface area contributed by atoms with E-state index in [9.17, 15) is 14.4 Å². The molecule has 1 aromatic rings. The van der Waals surface area contributed by atoms with Gasteiger partial charge in [0.25, 0.3) is 0 Å². The molecule has 0 radical (unpaired) electrons. The van der Waals surface area contributed by atoms with E-state index in [2.05, 4.69) is 20.1 Å². The highest BCUT2D eigenvalue weighted by Gasteiger charge is 2.14. The molecule has 1 rings (SSSR count). The van der Waals surface area contributed by atoms with Crippen molar-refractivity contribution in [1.29, 1.82) is 0 Å². The molecule has 0 aliphatic rings. The van der Waals surface area contributed by atoms with Gasteiger partial charge in [-0.15, -0.1) is 0 Å². The molecular weight excluding hydrogens is 332 g/mol. The average molecular weight is 352 g/mol. The van der Waals surface area contributed by atoms with Gasteiger partial charge in [0.05, 0.1) is 33.1 Å². The Kier molecular flexibility index (Phi) is 7.94. The van der Waals surface area contributed by atoms with Crippen LogP contribution in [0.1, 0.15) is 0 Å². The zero-order valence-corrected chi connectivity index (χ0v) is 14.4. The Labute approximate surface area is 144 Å². The maximum Gasteiger partial charge on any atom is 0.354 e. The normalized spacial score (nSPS) is 10.6. The number of anilines is 2. The third-order valence-corrected chi connectivity index (χ3v) is 2.90. The summed E-state index contributed by atoms with van der Waals surface area (Å²) < 4.78 is 19.0. The maximum atomic E-state index is 11.8. The van der Waals surface area contributed by atoms with Gasteiger partial charge < -0.3 is 29.6 Å². The molecule has 0 aromatic heterocycles. The lowest BCUT2D eigenvalue weighted by Gasteiger charge is -2.14. The molecule has 9 heteroatoms. The predicted octanol–water partition coefficient (Wildman–Crippen LogP) is 0.922. The van der Waals surface area contributed by atoms with Crippen molar-refractivity contribution in [3.63, 3.8) is 0 Å². The topological polar surface area (TPSA) is 112 Å². The summed E-state index contributed by atoms with van der Waals surface area (Å²) in [5, 5.41) is 5.35. The summed E-state index contributed by atoms with van der Waals surface area (Å²) in [6, 6.07) is 4.71. The summed E-state index contributed by atoms with van der Waals surface area (Å²) in [4.78, 5) is 34.8. The minimum Gasteiger partial charge on any atom is -0.495 e. The highest BCUT2D eigenvalue weighted by atomic mass is 16.5. The van der Waals surface area contributed by atoms with Crippen LogP contribution in [0.4, 0.5) is 11.4 Å². The highest BCUT2D eigenvalue weighted by molar-refractivity contribution is 5.99. The molecule has 0 aliphatic heterocycles. The lowest BCUT2D eigenvalue weighted by atomic mass is 10.2. The summed E-state index contributed by atoms with van der Waals surface area (Å²) in [6.45, 7) is -0.129. The molecule has 25 heavy (non-hydrogen) atoms. The summed E-state index contributed by atoms with van der Waals surface area (Å²) in [7, 11) is 5.21. The van der Waals surface area contributed by atoms with Crippen LogP contribution in [0.2, 0.25) is 0 Å².